The molecular weight excluding hydrogens is 264 g/mol. The van der Waals surface area contributed by atoms with Gasteiger partial charge >= 0.3 is 5.97 Å². The van der Waals surface area contributed by atoms with Crippen molar-refractivity contribution in [2.75, 3.05) is 7.11 Å². The van der Waals surface area contributed by atoms with E-state index in [1.807, 2.05) is 54.6 Å². The van der Waals surface area contributed by atoms with E-state index in [1.54, 1.807) is 6.92 Å². The van der Waals surface area contributed by atoms with Crippen LogP contribution in [-0.4, -0.2) is 18.2 Å². The van der Waals surface area contributed by atoms with E-state index in [0.717, 1.165) is 16.7 Å². The second-order valence-electron chi connectivity index (χ2n) is 5.16. The maximum atomic E-state index is 11.4. The number of ether oxygens (including phenoxy) is 1. The molecule has 2 aromatic rings. The summed E-state index contributed by atoms with van der Waals surface area (Å²) in [5, 5.41) is 10.2. The minimum absolute atomic E-state index is 0.296. The molecule has 0 spiro atoms. The Balaban J connectivity index is 2.07. The van der Waals surface area contributed by atoms with Crippen LogP contribution in [0.1, 0.15) is 25.0 Å². The predicted molar refractivity (Wildman–Crippen MR) is 82.6 cm³/mol. The van der Waals surface area contributed by atoms with E-state index in [-0.39, 0.29) is 11.9 Å². The summed E-state index contributed by atoms with van der Waals surface area (Å²) in [6.45, 7) is 1.76. The Morgan fingerprint density at radius 3 is 2.19 bits per heavy atom. The van der Waals surface area contributed by atoms with Gasteiger partial charge < -0.3 is 9.84 Å². The van der Waals surface area contributed by atoms with E-state index in [2.05, 4.69) is 4.74 Å². The summed E-state index contributed by atoms with van der Waals surface area (Å²) in [5.41, 5.74) is 3.06. The number of carbonyl (C=O) groups excluding carboxylic acids is 1. The fourth-order valence-corrected chi connectivity index (χ4v) is 2.30. The van der Waals surface area contributed by atoms with Gasteiger partial charge in [-0.05, 0) is 23.1 Å². The Morgan fingerprint density at radius 1 is 1.05 bits per heavy atom. The molecule has 110 valence electrons. The number of benzene rings is 2. The highest BCUT2D eigenvalue weighted by Gasteiger charge is 2.19. The molecule has 0 aliphatic rings. The molecule has 0 fully saturated rings. The van der Waals surface area contributed by atoms with Crippen LogP contribution in [0.3, 0.4) is 0 Å². The van der Waals surface area contributed by atoms with Gasteiger partial charge in [0, 0.05) is 0 Å². The molecule has 1 N–H and O–H groups in total. The zero-order valence-corrected chi connectivity index (χ0v) is 12.3. The van der Waals surface area contributed by atoms with Gasteiger partial charge in [-0.15, -0.1) is 0 Å². The third-order valence-corrected chi connectivity index (χ3v) is 3.58. The molecule has 0 saturated heterocycles. The van der Waals surface area contributed by atoms with Crippen LogP contribution in [-0.2, 0) is 9.53 Å². The molecule has 0 aliphatic carbocycles. The molecule has 3 nitrogen and oxygen atoms in total. The van der Waals surface area contributed by atoms with Gasteiger partial charge in [-0.1, -0.05) is 61.5 Å². The lowest BCUT2D eigenvalue weighted by atomic mass is 9.96. The highest BCUT2D eigenvalue weighted by atomic mass is 16.5. The zero-order valence-electron chi connectivity index (χ0n) is 12.3. The lowest BCUT2D eigenvalue weighted by molar-refractivity contribution is -0.145. The average Bonchev–Trinajstić information content (AvgIpc) is 2.55. The monoisotopic (exact) mass is 284 g/mol. The van der Waals surface area contributed by atoms with Gasteiger partial charge in [0.25, 0.3) is 0 Å². The minimum Gasteiger partial charge on any atom is -0.469 e. The van der Waals surface area contributed by atoms with E-state index in [9.17, 15) is 9.90 Å². The lowest BCUT2D eigenvalue weighted by Gasteiger charge is -2.15. The molecule has 0 aromatic heterocycles. The first-order valence-corrected chi connectivity index (χ1v) is 7.03. The first-order chi connectivity index (χ1) is 10.1. The Hall–Kier alpha value is -2.13. The second-order valence-corrected chi connectivity index (χ2v) is 5.16. The predicted octanol–water partition coefficient (Wildman–Crippen LogP) is 3.59. The van der Waals surface area contributed by atoms with Crippen molar-refractivity contribution in [3.8, 4) is 11.1 Å². The Bertz CT molecular complexity index is 575. The largest absolute Gasteiger partial charge is 0.469 e. The molecule has 2 rings (SSSR count). The lowest BCUT2D eigenvalue weighted by Crippen LogP contribution is -2.15. The van der Waals surface area contributed by atoms with Gasteiger partial charge in [-0.2, -0.15) is 0 Å². The first kappa shape index (κ1) is 15.3. The molecule has 3 heteroatoms. The summed E-state index contributed by atoms with van der Waals surface area (Å²) >= 11 is 0. The summed E-state index contributed by atoms with van der Waals surface area (Å²) in [5.74, 6) is -0.617. The average molecular weight is 284 g/mol. The third kappa shape index (κ3) is 3.92. The standard InChI is InChI=1S/C18H20O3/c1-13(18(20)21-2)12-17(19)16-10-8-15(9-11-16)14-6-4-3-5-7-14/h3-11,13,17,19H,12H2,1-2H3. The summed E-state index contributed by atoms with van der Waals surface area (Å²) < 4.78 is 4.68. The van der Waals surface area contributed by atoms with Crippen molar-refractivity contribution in [1.82, 2.24) is 0 Å². The highest BCUT2D eigenvalue weighted by molar-refractivity contribution is 5.71. The van der Waals surface area contributed by atoms with Gasteiger partial charge in [-0.25, -0.2) is 0 Å². The molecule has 21 heavy (non-hydrogen) atoms. The highest BCUT2D eigenvalue weighted by Crippen LogP contribution is 2.25. The molecule has 2 unspecified atom stereocenters. The van der Waals surface area contributed by atoms with Gasteiger partial charge in [0.1, 0.15) is 0 Å². The van der Waals surface area contributed by atoms with Crippen LogP contribution < -0.4 is 0 Å². The molecule has 0 heterocycles. The number of rotatable bonds is 5. The quantitative estimate of drug-likeness (QED) is 0.854. The maximum Gasteiger partial charge on any atom is 0.308 e. The number of carbonyl (C=O) groups is 1. The van der Waals surface area contributed by atoms with Crippen LogP contribution in [0.5, 0.6) is 0 Å². The summed E-state index contributed by atoms with van der Waals surface area (Å²) in [6, 6.07) is 17.8. The topological polar surface area (TPSA) is 46.5 Å². The molecule has 0 radical (unpaired) electrons. The smallest absolute Gasteiger partial charge is 0.308 e. The maximum absolute atomic E-state index is 11.4. The molecular formula is C18H20O3. The number of esters is 1. The van der Waals surface area contributed by atoms with Crippen LogP contribution in [0.15, 0.2) is 54.6 Å². The van der Waals surface area contributed by atoms with Crippen molar-refractivity contribution in [3.63, 3.8) is 0 Å². The number of aliphatic hydroxyl groups is 1. The van der Waals surface area contributed by atoms with Crippen LogP contribution in [0, 0.1) is 5.92 Å². The van der Waals surface area contributed by atoms with Crippen LogP contribution in [0.25, 0.3) is 11.1 Å². The van der Waals surface area contributed by atoms with E-state index in [0.29, 0.717) is 6.42 Å². The van der Waals surface area contributed by atoms with E-state index >= 15 is 0 Å². The fourth-order valence-electron chi connectivity index (χ4n) is 2.30. The van der Waals surface area contributed by atoms with Crippen LogP contribution >= 0.6 is 0 Å². The number of hydrogen-bond acceptors (Lipinski definition) is 3. The van der Waals surface area contributed by atoms with E-state index in [1.165, 1.54) is 7.11 Å². The fraction of sp³-hybridized carbons (Fsp3) is 0.278. The van der Waals surface area contributed by atoms with Crippen molar-refractivity contribution in [2.45, 2.75) is 19.4 Å². The normalized spacial score (nSPS) is 13.5. The Morgan fingerprint density at radius 2 is 1.62 bits per heavy atom. The molecule has 0 saturated carbocycles. The molecule has 2 aromatic carbocycles. The first-order valence-electron chi connectivity index (χ1n) is 7.03. The Kier molecular flexibility index (Phi) is 5.12. The van der Waals surface area contributed by atoms with Gasteiger partial charge in [0.15, 0.2) is 0 Å². The van der Waals surface area contributed by atoms with Crippen molar-refractivity contribution in [2.24, 2.45) is 5.92 Å². The van der Waals surface area contributed by atoms with Crippen LogP contribution in [0.2, 0.25) is 0 Å². The van der Waals surface area contributed by atoms with E-state index in [4.69, 9.17) is 0 Å². The van der Waals surface area contributed by atoms with Gasteiger partial charge in [-0.3, -0.25) is 4.79 Å². The molecule has 0 bridgehead atoms. The van der Waals surface area contributed by atoms with Crippen LogP contribution in [0.4, 0.5) is 0 Å². The van der Waals surface area contributed by atoms with Crippen molar-refractivity contribution in [3.05, 3.63) is 60.2 Å². The molecule has 0 amide bonds. The minimum atomic E-state index is -0.663. The number of hydrogen-bond donors (Lipinski definition) is 1. The molecule has 0 aliphatic heterocycles. The SMILES string of the molecule is COC(=O)C(C)CC(O)c1ccc(-c2ccccc2)cc1. The Labute approximate surface area is 125 Å². The summed E-state index contributed by atoms with van der Waals surface area (Å²) in [4.78, 5) is 11.4. The second kappa shape index (κ2) is 7.04. The van der Waals surface area contributed by atoms with Crippen molar-refractivity contribution < 1.29 is 14.6 Å². The summed E-state index contributed by atoms with van der Waals surface area (Å²) in [6.07, 6.45) is -0.305. The van der Waals surface area contributed by atoms with Gasteiger partial charge in [0.2, 0.25) is 0 Å². The van der Waals surface area contributed by atoms with Gasteiger partial charge in [0.05, 0.1) is 19.1 Å². The number of aliphatic hydroxyl groups excluding tert-OH is 1. The van der Waals surface area contributed by atoms with Crippen molar-refractivity contribution >= 4 is 5.97 Å². The summed E-state index contributed by atoms with van der Waals surface area (Å²) in [7, 11) is 1.36. The zero-order chi connectivity index (χ0) is 15.2. The third-order valence-electron chi connectivity index (χ3n) is 3.58. The number of methoxy groups -OCH3 is 1. The molecule has 2 atom stereocenters. The van der Waals surface area contributed by atoms with E-state index < -0.39 is 6.10 Å². The van der Waals surface area contributed by atoms with Crippen molar-refractivity contribution in [1.29, 1.82) is 0 Å².